The maximum atomic E-state index is 9.87. The van der Waals surface area contributed by atoms with Crippen LogP contribution >= 0.6 is 0 Å². The second-order valence-corrected chi connectivity index (χ2v) is 1.02. The summed E-state index contributed by atoms with van der Waals surface area (Å²) in [5.74, 6) is 0. The Hall–Kier alpha value is -1.08. The topological polar surface area (TPSA) is 117 Å². The normalized spacial score (nSPS) is 12.4. The van der Waals surface area contributed by atoms with Gasteiger partial charge in [-0.05, 0) is 0 Å². The Morgan fingerprint density at radius 1 is 1.10 bits per heavy atom. The molecule has 0 aromatic carbocycles. The van der Waals surface area contributed by atoms with Crippen molar-refractivity contribution in [3.8, 4) is 0 Å². The molecule has 10 heavy (non-hydrogen) atoms. The van der Waals surface area contributed by atoms with Crippen LogP contribution < -0.4 is 0 Å². The first-order chi connectivity index (χ1) is 4.20. The van der Waals surface area contributed by atoms with E-state index in [9.17, 15) is 10.4 Å². The minimum atomic E-state index is -0.868. The van der Waals surface area contributed by atoms with E-state index in [0.717, 1.165) is 0 Å². The molecule has 0 fully saturated rings. The van der Waals surface area contributed by atoms with Crippen LogP contribution in [0.4, 0.5) is 0 Å². The molecule has 0 aliphatic carbocycles. The summed E-state index contributed by atoms with van der Waals surface area (Å²) in [6.07, 6.45) is 0. The van der Waals surface area contributed by atoms with E-state index in [1.807, 2.05) is 10.6 Å². The van der Waals surface area contributed by atoms with Gasteiger partial charge < -0.3 is 20.8 Å². The Labute approximate surface area is 65.6 Å². The number of rotatable bonds is 2. The molecule has 0 atom stereocenters. The summed E-state index contributed by atoms with van der Waals surface area (Å²) in [6.45, 7) is -0.868. The van der Waals surface area contributed by atoms with Crippen molar-refractivity contribution in [1.29, 1.82) is 0 Å². The summed E-state index contributed by atoms with van der Waals surface area (Å²) >= 11 is 0. The Morgan fingerprint density at radius 2 is 1.40 bits per heavy atom. The predicted octanol–water partition coefficient (Wildman–Crippen LogP) is -0.355. The smallest absolute Gasteiger partial charge is 0.408 e. The van der Waals surface area contributed by atoms with Gasteiger partial charge in [-0.15, -0.1) is 0 Å². The molecule has 0 aromatic rings. The number of hydrogen-bond donors (Lipinski definition) is 2. The molecule has 0 aliphatic heterocycles. The van der Waals surface area contributed by atoms with E-state index < -0.39 is 6.67 Å². The third-order valence-corrected chi connectivity index (χ3v) is 0.441. The van der Waals surface area contributed by atoms with Crippen LogP contribution in [0.2, 0.25) is 0 Å². The van der Waals surface area contributed by atoms with Gasteiger partial charge in [0.05, 0.1) is 0 Å². The van der Waals surface area contributed by atoms with Crippen molar-refractivity contribution in [2.24, 2.45) is 10.6 Å². The Balaban J connectivity index is 0. The summed E-state index contributed by atoms with van der Waals surface area (Å²) < 4.78 is 0. The monoisotopic (exact) mass is 199 g/mol. The average Bonchev–Trinajstić information content (AvgIpc) is 1.87. The van der Waals surface area contributed by atoms with Crippen LogP contribution in [0, 0.1) is 10.4 Å². The van der Waals surface area contributed by atoms with Crippen molar-refractivity contribution >= 4 is 0 Å². The van der Waals surface area contributed by atoms with Gasteiger partial charge in [0.15, 0.2) is 0 Å². The zero-order valence-electron chi connectivity index (χ0n) is 4.51. The molecule has 8 nitrogen and oxygen atoms in total. The molecule has 1 radical (unpaired) electrons. The molecule has 0 heterocycles. The SMILES string of the molecule is [Cu].[O-]/[N+](C/[N+]([O-])=N\O)=N/O. The quantitative estimate of drug-likeness (QED) is 0.208. The Bertz CT molecular complexity index is 128. The van der Waals surface area contributed by atoms with Crippen LogP contribution in [0.25, 0.3) is 0 Å². The van der Waals surface area contributed by atoms with Crippen molar-refractivity contribution in [3.63, 3.8) is 0 Å². The predicted molar refractivity (Wildman–Crippen MR) is 20.6 cm³/mol. The van der Waals surface area contributed by atoms with E-state index in [1.54, 1.807) is 0 Å². The molecular formula is CH4CuN4O4. The molecule has 0 bridgehead atoms. The number of hydroxylamine groups is 2. The van der Waals surface area contributed by atoms with Gasteiger partial charge in [0, 0.05) is 26.8 Å². The molecule has 9 heteroatoms. The minimum absolute atomic E-state index is 0. The van der Waals surface area contributed by atoms with E-state index in [1.165, 1.54) is 0 Å². The molecule has 0 rings (SSSR count). The number of hydrogen-bond acceptors (Lipinski definition) is 4. The van der Waals surface area contributed by atoms with Crippen LogP contribution in [0.1, 0.15) is 0 Å². The van der Waals surface area contributed by atoms with Crippen LogP contribution in [-0.2, 0) is 17.1 Å². The summed E-state index contributed by atoms with van der Waals surface area (Å²) in [4.78, 5) is -0.709. The van der Waals surface area contributed by atoms with E-state index in [4.69, 9.17) is 10.4 Å². The maximum absolute atomic E-state index is 9.87. The van der Waals surface area contributed by atoms with E-state index in [0.29, 0.717) is 0 Å². The van der Waals surface area contributed by atoms with Crippen LogP contribution in [0.3, 0.4) is 0 Å². The van der Waals surface area contributed by atoms with Gasteiger partial charge in [-0.2, -0.15) is 0 Å². The zero-order valence-corrected chi connectivity index (χ0v) is 5.45. The van der Waals surface area contributed by atoms with Crippen molar-refractivity contribution in [3.05, 3.63) is 10.4 Å². The molecule has 2 N–H and O–H groups in total. The van der Waals surface area contributed by atoms with Gasteiger partial charge in [-0.3, -0.25) is 0 Å². The Morgan fingerprint density at radius 3 is 1.60 bits per heavy atom. The fourth-order valence-electron chi connectivity index (χ4n) is 0.160. The molecule has 0 aliphatic rings. The van der Waals surface area contributed by atoms with Crippen LogP contribution in [-0.4, -0.2) is 26.8 Å². The van der Waals surface area contributed by atoms with E-state index in [2.05, 4.69) is 0 Å². The molecule has 0 saturated heterocycles. The third kappa shape index (κ3) is 5.06. The molecule has 0 unspecified atom stereocenters. The van der Waals surface area contributed by atoms with Crippen molar-refractivity contribution in [1.82, 2.24) is 0 Å². The first kappa shape index (κ1) is 11.7. The largest absolute Gasteiger partial charge is 0.592 e. The average molecular weight is 200 g/mol. The standard InChI is InChI=1S/CH4N4O4.Cu/c6-2-4(8)1-5(9)3-7;/h6-7H,1H2;/b4-2+,5-3+;. The minimum Gasteiger partial charge on any atom is -0.592 e. The van der Waals surface area contributed by atoms with Gasteiger partial charge in [0.25, 0.3) is 0 Å². The number of nitrogens with zero attached hydrogens (tertiary/aromatic N) is 4. The van der Waals surface area contributed by atoms with Gasteiger partial charge in [-0.25, -0.2) is 0 Å². The van der Waals surface area contributed by atoms with E-state index >= 15 is 0 Å². The van der Waals surface area contributed by atoms with Gasteiger partial charge >= 0.3 is 6.67 Å². The summed E-state index contributed by atoms with van der Waals surface area (Å²) in [5, 5.41) is 39.1. The molecule has 0 aromatic heterocycles. The molecule has 0 saturated carbocycles. The van der Waals surface area contributed by atoms with Crippen molar-refractivity contribution in [2.75, 3.05) is 6.67 Å². The van der Waals surface area contributed by atoms with Gasteiger partial charge in [0.1, 0.15) is 0 Å². The van der Waals surface area contributed by atoms with Crippen molar-refractivity contribution in [2.45, 2.75) is 0 Å². The fraction of sp³-hybridized carbons (Fsp3) is 1.00. The summed E-state index contributed by atoms with van der Waals surface area (Å²) in [6, 6.07) is 0. The third-order valence-electron chi connectivity index (χ3n) is 0.441. The van der Waals surface area contributed by atoms with E-state index in [-0.39, 0.29) is 26.8 Å². The molecule has 63 valence electrons. The summed E-state index contributed by atoms with van der Waals surface area (Å²) in [7, 11) is 0. The molecule has 0 amide bonds. The second-order valence-electron chi connectivity index (χ2n) is 1.02. The Kier molecular flexibility index (Phi) is 7.06. The summed E-state index contributed by atoms with van der Waals surface area (Å²) in [5.41, 5.74) is 0. The molecular weight excluding hydrogens is 196 g/mol. The van der Waals surface area contributed by atoms with Gasteiger partial charge in [-0.1, -0.05) is 0 Å². The second kappa shape index (κ2) is 6.05. The maximum Gasteiger partial charge on any atom is 0.408 e. The van der Waals surface area contributed by atoms with Crippen molar-refractivity contribution < 1.29 is 37.2 Å². The first-order valence-electron chi connectivity index (χ1n) is 1.80. The first-order valence-corrected chi connectivity index (χ1v) is 1.80. The zero-order chi connectivity index (χ0) is 7.28. The van der Waals surface area contributed by atoms with Crippen LogP contribution in [0.5, 0.6) is 0 Å². The van der Waals surface area contributed by atoms with Gasteiger partial charge in [0.2, 0.25) is 10.6 Å². The van der Waals surface area contributed by atoms with Crippen LogP contribution in [0.15, 0.2) is 10.6 Å². The molecule has 0 spiro atoms. The fourth-order valence-corrected chi connectivity index (χ4v) is 0.160.